The van der Waals surface area contributed by atoms with Crippen LogP contribution in [0, 0.1) is 5.92 Å². The molecule has 1 unspecified atom stereocenters. The first-order valence-electron chi connectivity index (χ1n) is 8.94. The van der Waals surface area contributed by atoms with Crippen LogP contribution in [0.5, 0.6) is 0 Å². The van der Waals surface area contributed by atoms with Crippen LogP contribution in [0.3, 0.4) is 0 Å². The molecule has 0 saturated carbocycles. The van der Waals surface area contributed by atoms with Crippen molar-refractivity contribution in [1.82, 2.24) is 9.88 Å². The summed E-state index contributed by atoms with van der Waals surface area (Å²) in [6.45, 7) is 2.19. The van der Waals surface area contributed by atoms with Gasteiger partial charge in [0.15, 0.2) is 0 Å². The summed E-state index contributed by atoms with van der Waals surface area (Å²) in [4.78, 5) is 18.6. The van der Waals surface area contributed by atoms with Gasteiger partial charge in [-0.2, -0.15) is 0 Å². The number of hydrogen-bond donors (Lipinski definition) is 1. The third-order valence-corrected chi connectivity index (χ3v) is 6.38. The molecule has 1 atom stereocenters. The lowest BCUT2D eigenvalue weighted by Crippen LogP contribution is -2.40. The van der Waals surface area contributed by atoms with E-state index in [-0.39, 0.29) is 16.7 Å². The third-order valence-electron chi connectivity index (χ3n) is 5.00. The Bertz CT molecular complexity index is 941. The van der Waals surface area contributed by atoms with E-state index in [0.717, 1.165) is 24.0 Å². The molecule has 0 bridgehead atoms. The van der Waals surface area contributed by atoms with Crippen molar-refractivity contribution in [1.29, 1.82) is 0 Å². The number of carbonyl (C=O) groups excluding carboxylic acids is 1. The minimum Gasteiger partial charge on any atom is -0.381 e. The normalized spacial score (nSPS) is 19.6. The molecule has 3 heterocycles. The number of nitrogens with zero attached hydrogens (tertiary/aromatic N) is 2. The second kappa shape index (κ2) is 7.28. The number of carbonyl (C=O) groups is 1. The number of anilines is 1. The SMILES string of the molecule is O=C(C1CCOC1)N1CCc2ccc(S(=O)(=O)Nc3cccnc3)cc2C1. The lowest BCUT2D eigenvalue weighted by Gasteiger charge is -2.31. The number of pyridine rings is 1. The molecule has 0 aliphatic carbocycles. The first-order chi connectivity index (χ1) is 13.0. The number of aromatic nitrogens is 1. The van der Waals surface area contributed by atoms with Crippen LogP contribution in [-0.2, 0) is 32.5 Å². The van der Waals surface area contributed by atoms with Crippen LogP contribution in [0.25, 0.3) is 0 Å². The zero-order valence-corrected chi connectivity index (χ0v) is 15.6. The largest absolute Gasteiger partial charge is 0.381 e. The van der Waals surface area contributed by atoms with E-state index in [1.54, 1.807) is 30.5 Å². The van der Waals surface area contributed by atoms with Gasteiger partial charge < -0.3 is 9.64 Å². The summed E-state index contributed by atoms with van der Waals surface area (Å²) in [6.07, 6.45) is 4.52. The molecule has 7 nitrogen and oxygen atoms in total. The Morgan fingerprint density at radius 2 is 2.15 bits per heavy atom. The van der Waals surface area contributed by atoms with E-state index in [9.17, 15) is 13.2 Å². The molecule has 1 aromatic carbocycles. The predicted octanol–water partition coefficient (Wildman–Crippen LogP) is 1.80. The Morgan fingerprint density at radius 1 is 1.26 bits per heavy atom. The summed E-state index contributed by atoms with van der Waals surface area (Å²) in [5.74, 6) is 0.0191. The van der Waals surface area contributed by atoms with Crippen molar-refractivity contribution in [2.24, 2.45) is 5.92 Å². The van der Waals surface area contributed by atoms with Gasteiger partial charge in [0.25, 0.3) is 10.0 Å². The highest BCUT2D eigenvalue weighted by Gasteiger charge is 2.30. The van der Waals surface area contributed by atoms with E-state index in [1.165, 1.54) is 6.20 Å². The summed E-state index contributed by atoms with van der Waals surface area (Å²) in [5, 5.41) is 0. The fourth-order valence-electron chi connectivity index (χ4n) is 3.51. The van der Waals surface area contributed by atoms with E-state index < -0.39 is 10.0 Å². The summed E-state index contributed by atoms with van der Waals surface area (Å²) in [5.41, 5.74) is 2.37. The summed E-state index contributed by atoms with van der Waals surface area (Å²) in [7, 11) is -3.71. The average molecular weight is 387 g/mol. The highest BCUT2D eigenvalue weighted by Crippen LogP contribution is 2.26. The van der Waals surface area contributed by atoms with Crippen molar-refractivity contribution in [3.8, 4) is 0 Å². The number of fused-ring (bicyclic) bond motifs is 1. The average Bonchev–Trinajstić information content (AvgIpc) is 3.22. The van der Waals surface area contributed by atoms with Crippen LogP contribution >= 0.6 is 0 Å². The zero-order valence-electron chi connectivity index (χ0n) is 14.8. The Balaban J connectivity index is 1.54. The minimum atomic E-state index is -3.71. The first-order valence-corrected chi connectivity index (χ1v) is 10.4. The number of benzene rings is 1. The number of nitrogens with one attached hydrogen (secondary N) is 1. The van der Waals surface area contributed by atoms with Crippen LogP contribution in [0.15, 0.2) is 47.6 Å². The first kappa shape index (κ1) is 17.9. The Kier molecular flexibility index (Phi) is 4.84. The molecule has 0 radical (unpaired) electrons. The molecule has 142 valence electrons. The molecule has 1 fully saturated rings. The molecule has 2 aliphatic heterocycles. The second-order valence-corrected chi connectivity index (χ2v) is 8.53. The molecule has 27 heavy (non-hydrogen) atoms. The summed E-state index contributed by atoms with van der Waals surface area (Å²) >= 11 is 0. The number of amides is 1. The van der Waals surface area contributed by atoms with Crippen molar-refractivity contribution in [2.75, 3.05) is 24.5 Å². The van der Waals surface area contributed by atoms with Crippen molar-refractivity contribution in [3.05, 3.63) is 53.9 Å². The second-order valence-electron chi connectivity index (χ2n) is 6.85. The van der Waals surface area contributed by atoms with Crippen LogP contribution < -0.4 is 4.72 Å². The van der Waals surface area contributed by atoms with Gasteiger partial charge in [0.2, 0.25) is 5.91 Å². The van der Waals surface area contributed by atoms with Crippen molar-refractivity contribution < 1.29 is 17.9 Å². The fraction of sp³-hybridized carbons (Fsp3) is 0.368. The number of rotatable bonds is 4. The monoisotopic (exact) mass is 387 g/mol. The number of hydrogen-bond acceptors (Lipinski definition) is 5. The van der Waals surface area contributed by atoms with Gasteiger partial charge in [-0.3, -0.25) is 14.5 Å². The van der Waals surface area contributed by atoms with Gasteiger partial charge in [-0.15, -0.1) is 0 Å². The maximum absolute atomic E-state index is 12.7. The highest BCUT2D eigenvalue weighted by molar-refractivity contribution is 7.92. The molecule has 1 aromatic heterocycles. The van der Waals surface area contributed by atoms with Gasteiger partial charge in [-0.25, -0.2) is 8.42 Å². The van der Waals surface area contributed by atoms with Crippen LogP contribution in [0.2, 0.25) is 0 Å². The Hall–Kier alpha value is -2.45. The van der Waals surface area contributed by atoms with Gasteiger partial charge in [-0.1, -0.05) is 6.07 Å². The lowest BCUT2D eigenvalue weighted by molar-refractivity contribution is -0.136. The lowest BCUT2D eigenvalue weighted by atomic mass is 9.98. The van der Waals surface area contributed by atoms with Gasteiger partial charge in [0.05, 0.1) is 29.3 Å². The predicted molar refractivity (Wildman–Crippen MR) is 99.5 cm³/mol. The standard InChI is InChI=1S/C19H21N3O4S/c23-19(15-6-9-26-13-15)22-8-5-14-3-4-18(10-16(14)12-22)27(24,25)21-17-2-1-7-20-11-17/h1-4,7,10-11,15,21H,5-6,8-9,12-13H2. The van der Waals surface area contributed by atoms with Gasteiger partial charge in [0, 0.05) is 25.9 Å². The quantitative estimate of drug-likeness (QED) is 0.864. The third kappa shape index (κ3) is 3.81. The molecule has 1 amide bonds. The molecular weight excluding hydrogens is 366 g/mol. The van der Waals surface area contributed by atoms with E-state index in [0.29, 0.717) is 32.0 Å². The van der Waals surface area contributed by atoms with Crippen LogP contribution in [0.1, 0.15) is 17.5 Å². The van der Waals surface area contributed by atoms with Crippen molar-refractivity contribution in [2.45, 2.75) is 24.3 Å². The molecule has 1 saturated heterocycles. The smallest absolute Gasteiger partial charge is 0.261 e. The molecule has 2 aliphatic rings. The van der Waals surface area contributed by atoms with E-state index >= 15 is 0 Å². The molecule has 2 aromatic rings. The molecule has 4 rings (SSSR count). The zero-order chi connectivity index (χ0) is 18.9. The molecule has 0 spiro atoms. The van der Waals surface area contributed by atoms with E-state index in [2.05, 4.69) is 9.71 Å². The fourth-order valence-corrected chi connectivity index (χ4v) is 4.61. The van der Waals surface area contributed by atoms with Gasteiger partial charge in [0.1, 0.15) is 0 Å². The highest BCUT2D eigenvalue weighted by atomic mass is 32.2. The maximum Gasteiger partial charge on any atom is 0.261 e. The topological polar surface area (TPSA) is 88.6 Å². The minimum absolute atomic E-state index is 0.0780. The molecule has 1 N–H and O–H groups in total. The van der Waals surface area contributed by atoms with Crippen LogP contribution in [-0.4, -0.2) is 44.0 Å². The Labute approximate surface area is 158 Å². The van der Waals surface area contributed by atoms with Gasteiger partial charge >= 0.3 is 0 Å². The van der Waals surface area contributed by atoms with E-state index in [4.69, 9.17) is 4.74 Å². The van der Waals surface area contributed by atoms with Gasteiger partial charge in [-0.05, 0) is 48.2 Å². The van der Waals surface area contributed by atoms with Crippen molar-refractivity contribution in [3.63, 3.8) is 0 Å². The number of sulfonamides is 1. The number of ether oxygens (including phenoxy) is 1. The van der Waals surface area contributed by atoms with E-state index in [1.807, 2.05) is 11.0 Å². The molecular formula is C19H21N3O4S. The van der Waals surface area contributed by atoms with Crippen LogP contribution in [0.4, 0.5) is 5.69 Å². The maximum atomic E-state index is 12.7. The molecule has 8 heteroatoms. The summed E-state index contributed by atoms with van der Waals surface area (Å²) < 4.78 is 33.2. The summed E-state index contributed by atoms with van der Waals surface area (Å²) in [6, 6.07) is 8.43. The van der Waals surface area contributed by atoms with Crippen molar-refractivity contribution >= 4 is 21.6 Å². The Morgan fingerprint density at radius 3 is 2.89 bits per heavy atom.